The third kappa shape index (κ3) is 4.98. The summed E-state index contributed by atoms with van der Waals surface area (Å²) < 4.78 is 12.7. The largest absolute Gasteiger partial charge is 0.494 e. The Morgan fingerprint density at radius 1 is 1.10 bits per heavy atom. The van der Waals surface area contributed by atoms with Crippen molar-refractivity contribution in [3.63, 3.8) is 0 Å². The first kappa shape index (κ1) is 22.2. The van der Waals surface area contributed by atoms with E-state index in [1.165, 1.54) is 0 Å². The lowest BCUT2D eigenvalue weighted by molar-refractivity contribution is -0.141. The minimum Gasteiger partial charge on any atom is -0.494 e. The molecule has 0 aliphatic heterocycles. The molecule has 0 aliphatic carbocycles. The van der Waals surface area contributed by atoms with E-state index in [1.54, 1.807) is 6.92 Å². The van der Waals surface area contributed by atoms with E-state index in [4.69, 9.17) is 9.47 Å². The summed E-state index contributed by atoms with van der Waals surface area (Å²) in [5.41, 5.74) is 4.44. The van der Waals surface area contributed by atoms with Gasteiger partial charge >= 0.3 is 5.97 Å². The molecule has 31 heavy (non-hydrogen) atoms. The molecule has 0 unspecified atom stereocenters. The quantitative estimate of drug-likeness (QED) is 0.291. The number of carbonyl (C=O) groups is 1. The molecule has 0 aliphatic rings. The van der Waals surface area contributed by atoms with Crippen LogP contribution in [-0.4, -0.2) is 37.0 Å². The van der Waals surface area contributed by atoms with Gasteiger partial charge in [0.1, 0.15) is 11.8 Å². The van der Waals surface area contributed by atoms with Gasteiger partial charge in [-0.2, -0.15) is 5.26 Å². The molecule has 3 aromatic rings. The maximum absolute atomic E-state index is 11.4. The number of benzene rings is 2. The number of carbonyl (C=O) groups excluding carboxylic acids is 1. The highest BCUT2D eigenvalue weighted by molar-refractivity contribution is 5.95. The monoisotopic (exact) mass is 420 g/mol. The van der Waals surface area contributed by atoms with Crippen LogP contribution in [0.25, 0.3) is 22.2 Å². The molecule has 0 radical (unpaired) electrons. The number of rotatable bonds is 10. The second-order valence-electron chi connectivity index (χ2n) is 6.85. The number of esters is 1. The van der Waals surface area contributed by atoms with Gasteiger partial charge in [0.2, 0.25) is 0 Å². The summed E-state index contributed by atoms with van der Waals surface area (Å²) in [5.74, 6) is 0.525. The summed E-state index contributed by atoms with van der Waals surface area (Å²) in [4.78, 5) is 11.4. The minimum atomic E-state index is -0.274. The third-order valence-corrected chi connectivity index (χ3v) is 4.93. The van der Waals surface area contributed by atoms with Crippen LogP contribution in [0.2, 0.25) is 0 Å². The predicted octanol–water partition coefficient (Wildman–Crippen LogP) is 4.12. The van der Waals surface area contributed by atoms with E-state index in [1.807, 2.05) is 49.4 Å². The van der Waals surface area contributed by atoms with Crippen molar-refractivity contribution in [2.75, 3.05) is 31.7 Å². The number of aryl methyl sites for hydroxylation is 1. The Morgan fingerprint density at radius 2 is 1.87 bits per heavy atom. The van der Waals surface area contributed by atoms with Gasteiger partial charge < -0.3 is 19.4 Å². The van der Waals surface area contributed by atoms with Gasteiger partial charge in [-0.15, -0.1) is 0 Å². The number of hydrogen-bond acceptors (Lipinski definition) is 6. The van der Waals surface area contributed by atoms with Gasteiger partial charge in [-0.3, -0.25) is 10.1 Å². The van der Waals surface area contributed by atoms with Crippen LogP contribution in [0.15, 0.2) is 42.5 Å². The molecule has 0 saturated heterocycles. The number of fused-ring (bicyclic) bond motifs is 1. The first-order chi connectivity index (χ1) is 15.1. The Morgan fingerprint density at radius 3 is 2.52 bits per heavy atom. The van der Waals surface area contributed by atoms with Crippen molar-refractivity contribution in [2.45, 2.75) is 27.3 Å². The van der Waals surface area contributed by atoms with Gasteiger partial charge in [-0.25, -0.2) is 0 Å². The fourth-order valence-electron chi connectivity index (χ4n) is 3.61. The van der Waals surface area contributed by atoms with Gasteiger partial charge in [0.25, 0.3) is 0 Å². The molecule has 0 bridgehead atoms. The second kappa shape index (κ2) is 10.5. The molecule has 0 amide bonds. The lowest BCUT2D eigenvalue weighted by atomic mass is 10.1. The molecule has 0 spiro atoms. The van der Waals surface area contributed by atoms with Gasteiger partial charge in [0, 0.05) is 23.7 Å². The lowest BCUT2D eigenvalue weighted by Gasteiger charge is -2.11. The maximum Gasteiger partial charge on any atom is 0.319 e. The summed E-state index contributed by atoms with van der Waals surface area (Å²) in [6.45, 7) is 8.12. The van der Waals surface area contributed by atoms with Crippen LogP contribution >= 0.6 is 0 Å². The molecule has 0 atom stereocenters. The van der Waals surface area contributed by atoms with Crippen LogP contribution in [0.1, 0.15) is 26.3 Å². The molecule has 1 heterocycles. The normalized spacial score (nSPS) is 10.6. The summed E-state index contributed by atoms with van der Waals surface area (Å²) in [5, 5.41) is 17.0. The molecule has 0 fully saturated rings. The topological polar surface area (TPSA) is 88.3 Å². The minimum absolute atomic E-state index is 0.158. The van der Waals surface area contributed by atoms with E-state index in [0.717, 1.165) is 40.1 Å². The Hall–Kier alpha value is -3.50. The molecule has 3 rings (SSSR count). The molecule has 2 aromatic carbocycles. The maximum atomic E-state index is 11.4. The molecular weight excluding hydrogens is 392 g/mol. The smallest absolute Gasteiger partial charge is 0.319 e. The number of ether oxygens (including phenoxy) is 2. The van der Waals surface area contributed by atoms with E-state index >= 15 is 0 Å². The standard InChI is InChI=1S/C24H28N4O3/c1-4-28-22-13-19(30-5-2)11-12-20(22)21(14-25)24(28)17-7-9-18(10-8-17)27-16-26-15-23(29)31-6-3/h7-13,26-27H,4-6,15-16H2,1-3H3. The summed E-state index contributed by atoms with van der Waals surface area (Å²) in [6, 6.07) is 16.2. The first-order valence-electron chi connectivity index (χ1n) is 10.5. The van der Waals surface area contributed by atoms with Gasteiger partial charge in [-0.05, 0) is 50.6 Å². The zero-order chi connectivity index (χ0) is 22.2. The fourth-order valence-corrected chi connectivity index (χ4v) is 3.61. The van der Waals surface area contributed by atoms with Crippen molar-refractivity contribution in [1.82, 2.24) is 9.88 Å². The van der Waals surface area contributed by atoms with Crippen LogP contribution in [0, 0.1) is 11.3 Å². The Balaban J connectivity index is 1.83. The number of nitrogens with zero attached hydrogens (tertiary/aromatic N) is 2. The lowest BCUT2D eigenvalue weighted by Crippen LogP contribution is -2.29. The van der Waals surface area contributed by atoms with E-state index in [0.29, 0.717) is 25.4 Å². The molecule has 1 aromatic heterocycles. The number of hydrogen-bond donors (Lipinski definition) is 2. The molecule has 7 heteroatoms. The van der Waals surface area contributed by atoms with Gasteiger partial charge in [-0.1, -0.05) is 12.1 Å². The highest BCUT2D eigenvalue weighted by Crippen LogP contribution is 2.35. The van der Waals surface area contributed by atoms with Crippen molar-refractivity contribution < 1.29 is 14.3 Å². The van der Waals surface area contributed by atoms with Crippen LogP contribution in [0.3, 0.4) is 0 Å². The SMILES string of the molecule is CCOC(=O)CNCNc1ccc(-c2c(C#N)c3ccc(OCC)cc3n2CC)cc1. The number of nitriles is 1. The van der Waals surface area contributed by atoms with Gasteiger partial charge in [0.15, 0.2) is 0 Å². The summed E-state index contributed by atoms with van der Waals surface area (Å²) >= 11 is 0. The molecular formula is C24H28N4O3. The molecule has 2 N–H and O–H groups in total. The Labute approximate surface area is 182 Å². The third-order valence-electron chi connectivity index (χ3n) is 4.93. The highest BCUT2D eigenvalue weighted by atomic mass is 16.5. The van der Waals surface area contributed by atoms with E-state index < -0.39 is 0 Å². The zero-order valence-corrected chi connectivity index (χ0v) is 18.2. The average Bonchev–Trinajstić information content (AvgIpc) is 3.10. The van der Waals surface area contributed by atoms with Crippen molar-refractivity contribution in [1.29, 1.82) is 5.26 Å². The second-order valence-corrected chi connectivity index (χ2v) is 6.85. The van der Waals surface area contributed by atoms with Crippen molar-refractivity contribution in [3.8, 4) is 23.1 Å². The number of nitrogens with one attached hydrogen (secondary N) is 2. The van der Waals surface area contributed by atoms with E-state index in [9.17, 15) is 10.1 Å². The van der Waals surface area contributed by atoms with E-state index in [2.05, 4.69) is 28.2 Å². The van der Waals surface area contributed by atoms with Crippen LogP contribution < -0.4 is 15.4 Å². The molecule has 162 valence electrons. The zero-order valence-electron chi connectivity index (χ0n) is 18.2. The number of anilines is 1. The summed E-state index contributed by atoms with van der Waals surface area (Å²) in [6.07, 6.45) is 0. The van der Waals surface area contributed by atoms with Crippen molar-refractivity contribution >= 4 is 22.6 Å². The predicted molar refractivity (Wildman–Crippen MR) is 122 cm³/mol. The van der Waals surface area contributed by atoms with Crippen LogP contribution in [-0.2, 0) is 16.1 Å². The number of aromatic nitrogens is 1. The molecule has 0 saturated carbocycles. The first-order valence-corrected chi connectivity index (χ1v) is 10.5. The van der Waals surface area contributed by atoms with Crippen LogP contribution in [0.4, 0.5) is 5.69 Å². The fraction of sp³-hybridized carbons (Fsp3) is 0.333. The molecule has 7 nitrogen and oxygen atoms in total. The van der Waals surface area contributed by atoms with Crippen LogP contribution in [0.5, 0.6) is 5.75 Å². The van der Waals surface area contributed by atoms with Gasteiger partial charge in [0.05, 0.1) is 43.2 Å². The Kier molecular flexibility index (Phi) is 7.52. The van der Waals surface area contributed by atoms with E-state index in [-0.39, 0.29) is 12.5 Å². The Bertz CT molecular complexity index is 1080. The summed E-state index contributed by atoms with van der Waals surface area (Å²) in [7, 11) is 0. The van der Waals surface area contributed by atoms with Crippen molar-refractivity contribution in [3.05, 3.63) is 48.0 Å². The highest BCUT2D eigenvalue weighted by Gasteiger charge is 2.18. The van der Waals surface area contributed by atoms with Crippen molar-refractivity contribution in [2.24, 2.45) is 0 Å². The average molecular weight is 421 g/mol.